The van der Waals surface area contributed by atoms with Crippen molar-refractivity contribution in [1.82, 2.24) is 4.90 Å². The van der Waals surface area contributed by atoms with E-state index in [0.717, 1.165) is 23.9 Å². The minimum Gasteiger partial charge on any atom is -0.300 e. The maximum atomic E-state index is 2.63. The van der Waals surface area contributed by atoms with Gasteiger partial charge < -0.3 is 4.90 Å². The van der Waals surface area contributed by atoms with Crippen LogP contribution in [-0.2, 0) is 0 Å². The topological polar surface area (TPSA) is 3.24 Å². The predicted octanol–water partition coefficient (Wildman–Crippen LogP) is 4.31. The highest BCUT2D eigenvalue weighted by atomic mass is 15.2. The predicted molar refractivity (Wildman–Crippen MR) is 82.2 cm³/mol. The van der Waals surface area contributed by atoms with E-state index in [1.807, 2.05) is 0 Å². The van der Waals surface area contributed by atoms with Crippen LogP contribution < -0.4 is 0 Å². The van der Waals surface area contributed by atoms with Gasteiger partial charge in [0, 0.05) is 12.1 Å². The van der Waals surface area contributed by atoms with Crippen molar-refractivity contribution in [1.29, 1.82) is 0 Å². The van der Waals surface area contributed by atoms with Gasteiger partial charge in [-0.15, -0.1) is 0 Å². The third-order valence-corrected chi connectivity index (χ3v) is 5.39. The summed E-state index contributed by atoms with van der Waals surface area (Å²) < 4.78 is 0. The largest absolute Gasteiger partial charge is 0.300 e. The maximum absolute atomic E-state index is 2.63. The molecule has 2 aliphatic heterocycles. The summed E-state index contributed by atoms with van der Waals surface area (Å²) in [7, 11) is 2.32. The number of hydrogen-bond acceptors (Lipinski definition) is 1. The third kappa shape index (κ3) is 2.25. The number of benzene rings is 1. The van der Waals surface area contributed by atoms with Crippen molar-refractivity contribution in [2.45, 2.75) is 51.1 Å². The van der Waals surface area contributed by atoms with E-state index in [9.17, 15) is 0 Å². The van der Waals surface area contributed by atoms with E-state index in [1.54, 1.807) is 5.56 Å². The number of nitrogens with zero attached hydrogens (tertiary/aromatic N) is 1. The van der Waals surface area contributed by atoms with Crippen molar-refractivity contribution in [3.63, 3.8) is 0 Å². The molecule has 2 heterocycles. The fourth-order valence-corrected chi connectivity index (χ4v) is 4.22. The smallest absolute Gasteiger partial charge is 0.0127 e. The molecule has 1 heteroatoms. The molecular formula is C18H25N. The lowest BCUT2D eigenvalue weighted by atomic mass is 9.77. The van der Waals surface area contributed by atoms with E-state index in [0.29, 0.717) is 0 Å². The number of fused-ring (bicyclic) bond motifs is 2. The van der Waals surface area contributed by atoms with Crippen molar-refractivity contribution in [3.05, 3.63) is 41.5 Å². The minimum atomic E-state index is 0.758. The van der Waals surface area contributed by atoms with E-state index in [2.05, 4.69) is 62.2 Å². The molecule has 0 aromatic heterocycles. The summed E-state index contributed by atoms with van der Waals surface area (Å²) >= 11 is 0. The molecule has 0 spiro atoms. The second-order valence-electron chi connectivity index (χ2n) is 6.33. The van der Waals surface area contributed by atoms with E-state index < -0.39 is 0 Å². The summed E-state index contributed by atoms with van der Waals surface area (Å²) in [6, 6.07) is 10.9. The number of allylic oxidation sites excluding steroid dienone is 1. The Morgan fingerprint density at radius 1 is 1.16 bits per heavy atom. The number of hydrogen-bond donors (Lipinski definition) is 0. The average Bonchev–Trinajstić information content (AvgIpc) is 2.67. The molecule has 2 saturated heterocycles. The van der Waals surface area contributed by atoms with Crippen LogP contribution in [-0.4, -0.2) is 24.0 Å². The number of piperidine rings is 1. The van der Waals surface area contributed by atoms with Crippen molar-refractivity contribution < 1.29 is 0 Å². The Bertz CT molecular complexity index is 459. The van der Waals surface area contributed by atoms with Crippen LogP contribution in [0.1, 0.15) is 50.2 Å². The molecule has 2 aliphatic rings. The zero-order chi connectivity index (χ0) is 13.4. The molecule has 102 valence electrons. The van der Waals surface area contributed by atoms with Crippen LogP contribution >= 0.6 is 0 Å². The molecule has 0 saturated carbocycles. The zero-order valence-corrected chi connectivity index (χ0v) is 12.3. The summed E-state index contributed by atoms with van der Waals surface area (Å²) in [5.74, 6) is 1.55. The molecule has 0 aliphatic carbocycles. The third-order valence-electron chi connectivity index (χ3n) is 5.39. The van der Waals surface area contributed by atoms with Crippen LogP contribution in [0.5, 0.6) is 0 Å². The van der Waals surface area contributed by atoms with Crippen molar-refractivity contribution in [3.8, 4) is 0 Å². The summed E-state index contributed by atoms with van der Waals surface area (Å²) in [4.78, 5) is 2.63. The van der Waals surface area contributed by atoms with Crippen LogP contribution in [0.25, 0.3) is 6.08 Å². The molecule has 1 nitrogen and oxygen atoms in total. The molecular weight excluding hydrogens is 230 g/mol. The molecule has 4 atom stereocenters. The first-order chi connectivity index (χ1) is 9.20. The van der Waals surface area contributed by atoms with Gasteiger partial charge in [-0.3, -0.25) is 0 Å². The maximum Gasteiger partial charge on any atom is 0.0127 e. The van der Waals surface area contributed by atoms with E-state index in [-0.39, 0.29) is 0 Å². The van der Waals surface area contributed by atoms with Gasteiger partial charge in [0.2, 0.25) is 0 Å². The first kappa shape index (κ1) is 12.9. The van der Waals surface area contributed by atoms with Crippen molar-refractivity contribution >= 4 is 6.08 Å². The van der Waals surface area contributed by atoms with Gasteiger partial charge in [0.15, 0.2) is 0 Å². The van der Waals surface area contributed by atoms with E-state index >= 15 is 0 Å². The Labute approximate surface area is 117 Å². The number of rotatable bonds is 2. The summed E-state index contributed by atoms with van der Waals surface area (Å²) in [5, 5.41) is 0. The van der Waals surface area contributed by atoms with Gasteiger partial charge >= 0.3 is 0 Å². The Kier molecular flexibility index (Phi) is 3.49. The summed E-state index contributed by atoms with van der Waals surface area (Å²) in [6.07, 6.45) is 8.42. The van der Waals surface area contributed by atoms with Crippen molar-refractivity contribution in [2.75, 3.05) is 7.05 Å². The second kappa shape index (κ2) is 5.13. The van der Waals surface area contributed by atoms with Crippen molar-refractivity contribution in [2.24, 2.45) is 5.92 Å². The lowest BCUT2D eigenvalue weighted by molar-refractivity contribution is 0.110. The molecule has 0 amide bonds. The van der Waals surface area contributed by atoms with Gasteiger partial charge in [-0.2, -0.15) is 0 Å². The van der Waals surface area contributed by atoms with Crippen LogP contribution in [0.3, 0.4) is 0 Å². The second-order valence-corrected chi connectivity index (χ2v) is 6.33. The zero-order valence-electron chi connectivity index (χ0n) is 12.3. The quantitative estimate of drug-likeness (QED) is 0.761. The fourth-order valence-electron chi connectivity index (χ4n) is 4.22. The molecule has 0 N–H and O–H groups in total. The first-order valence-electron chi connectivity index (χ1n) is 7.65. The molecule has 2 fully saturated rings. The van der Waals surface area contributed by atoms with Crippen LogP contribution in [0.2, 0.25) is 0 Å². The van der Waals surface area contributed by atoms with Crippen LogP contribution in [0, 0.1) is 5.92 Å². The lowest BCUT2D eigenvalue weighted by Gasteiger charge is -2.41. The monoisotopic (exact) mass is 255 g/mol. The van der Waals surface area contributed by atoms with E-state index in [4.69, 9.17) is 0 Å². The SMILES string of the molecule is C/C=C\c1ccc(C2CC3CCC(C2C)N3C)cc1. The summed E-state index contributed by atoms with van der Waals surface area (Å²) in [6.45, 7) is 4.53. The van der Waals surface area contributed by atoms with E-state index in [1.165, 1.54) is 24.8 Å². The Morgan fingerprint density at radius 3 is 2.58 bits per heavy atom. The Balaban J connectivity index is 1.82. The molecule has 19 heavy (non-hydrogen) atoms. The molecule has 1 aromatic rings. The molecule has 4 unspecified atom stereocenters. The van der Waals surface area contributed by atoms with Gasteiger partial charge in [0.05, 0.1) is 0 Å². The van der Waals surface area contributed by atoms with Crippen LogP contribution in [0.15, 0.2) is 30.3 Å². The highest BCUT2D eigenvalue weighted by molar-refractivity contribution is 5.49. The van der Waals surface area contributed by atoms with Gasteiger partial charge in [-0.1, -0.05) is 43.3 Å². The Hall–Kier alpha value is -1.08. The normalized spacial score (nSPS) is 35.1. The highest BCUT2D eigenvalue weighted by Crippen LogP contribution is 2.45. The molecule has 1 aromatic carbocycles. The van der Waals surface area contributed by atoms with Crippen LogP contribution in [0.4, 0.5) is 0 Å². The van der Waals surface area contributed by atoms with Gasteiger partial charge in [0.1, 0.15) is 0 Å². The standard InChI is InChI=1S/C18H25N/c1-4-5-14-6-8-15(9-7-14)17-12-16-10-11-18(13(17)2)19(16)3/h4-9,13,16-18H,10-12H2,1-3H3/b5-4-. The molecule has 2 bridgehead atoms. The van der Waals surface area contributed by atoms with Gasteiger partial charge in [-0.25, -0.2) is 0 Å². The minimum absolute atomic E-state index is 0.758. The lowest BCUT2D eigenvalue weighted by Crippen LogP contribution is -2.44. The average molecular weight is 255 g/mol. The molecule has 3 rings (SSSR count). The fraction of sp³-hybridized carbons (Fsp3) is 0.556. The van der Waals surface area contributed by atoms with Gasteiger partial charge in [-0.05, 0) is 56.2 Å². The highest BCUT2D eigenvalue weighted by Gasteiger charge is 2.43. The molecule has 0 radical (unpaired) electrons. The first-order valence-corrected chi connectivity index (χ1v) is 7.65. The van der Waals surface area contributed by atoms with Gasteiger partial charge in [0.25, 0.3) is 0 Å². The Morgan fingerprint density at radius 2 is 1.89 bits per heavy atom. The summed E-state index contributed by atoms with van der Waals surface area (Å²) in [5.41, 5.74) is 2.86.